The van der Waals surface area contributed by atoms with Crippen LogP contribution in [0, 0.1) is 0 Å². The van der Waals surface area contributed by atoms with Crippen LogP contribution in [0.2, 0.25) is 0 Å². The monoisotopic (exact) mass is 323 g/mol. The number of fused-ring (bicyclic) bond motifs is 1. The van der Waals surface area contributed by atoms with E-state index in [-0.39, 0.29) is 0 Å². The number of imidazole rings is 1. The molecule has 3 heteroatoms. The minimum absolute atomic E-state index is 0.726. The minimum Gasteiger partial charge on any atom is -0.337 e. The molecule has 0 aliphatic rings. The molecular weight excluding hydrogens is 306 g/mol. The first-order valence-electron chi connectivity index (χ1n) is 8.19. The van der Waals surface area contributed by atoms with Crippen molar-refractivity contribution in [1.29, 1.82) is 0 Å². The Balaban J connectivity index is 1.57. The van der Waals surface area contributed by atoms with Crippen molar-refractivity contribution < 1.29 is 0 Å². The van der Waals surface area contributed by atoms with E-state index in [1.807, 2.05) is 54.7 Å². The number of hydrogen-bond donors (Lipinski definition) is 1. The van der Waals surface area contributed by atoms with E-state index in [0.717, 1.165) is 28.1 Å². The van der Waals surface area contributed by atoms with Crippen LogP contribution in [0.15, 0.2) is 72.9 Å². The summed E-state index contributed by atoms with van der Waals surface area (Å²) in [5.41, 5.74) is 5.01. The summed E-state index contributed by atoms with van der Waals surface area (Å²) in [6.45, 7) is 0. The highest BCUT2D eigenvalue weighted by Crippen LogP contribution is 2.15. The van der Waals surface area contributed by atoms with Gasteiger partial charge in [-0.25, -0.2) is 9.97 Å². The zero-order valence-corrected chi connectivity index (χ0v) is 13.6. The number of rotatable bonds is 4. The SMILES string of the molecule is C(=C\c1cnc2nc(/C=C/c3ccccc3)[nH]c2c1)/c1ccccc1. The quantitative estimate of drug-likeness (QED) is 0.554. The molecule has 4 aromatic rings. The van der Waals surface area contributed by atoms with Crippen molar-refractivity contribution in [3.05, 3.63) is 95.4 Å². The molecule has 2 aromatic carbocycles. The topological polar surface area (TPSA) is 41.6 Å². The second-order valence-electron chi connectivity index (χ2n) is 5.75. The van der Waals surface area contributed by atoms with Gasteiger partial charge in [-0.3, -0.25) is 0 Å². The fraction of sp³-hybridized carbons (Fsp3) is 0. The van der Waals surface area contributed by atoms with Crippen LogP contribution in [0.5, 0.6) is 0 Å². The molecule has 0 atom stereocenters. The number of aromatic amines is 1. The van der Waals surface area contributed by atoms with Crippen LogP contribution in [0.3, 0.4) is 0 Å². The molecule has 25 heavy (non-hydrogen) atoms. The Morgan fingerprint density at radius 2 is 1.28 bits per heavy atom. The van der Waals surface area contributed by atoms with Gasteiger partial charge in [0.15, 0.2) is 5.65 Å². The second-order valence-corrected chi connectivity index (χ2v) is 5.75. The molecule has 0 fully saturated rings. The zero-order valence-electron chi connectivity index (χ0n) is 13.6. The van der Waals surface area contributed by atoms with Gasteiger partial charge in [0.25, 0.3) is 0 Å². The molecule has 0 unspecified atom stereocenters. The maximum Gasteiger partial charge on any atom is 0.178 e. The Morgan fingerprint density at radius 1 is 0.680 bits per heavy atom. The summed E-state index contributed by atoms with van der Waals surface area (Å²) in [7, 11) is 0. The molecule has 0 bridgehead atoms. The average molecular weight is 323 g/mol. The highest BCUT2D eigenvalue weighted by atomic mass is 15.0. The van der Waals surface area contributed by atoms with Crippen molar-refractivity contribution in [2.45, 2.75) is 0 Å². The van der Waals surface area contributed by atoms with E-state index in [0.29, 0.717) is 0 Å². The Hall–Kier alpha value is -3.46. The smallest absolute Gasteiger partial charge is 0.178 e. The van der Waals surface area contributed by atoms with Crippen LogP contribution in [-0.2, 0) is 0 Å². The van der Waals surface area contributed by atoms with E-state index >= 15 is 0 Å². The first-order chi connectivity index (χ1) is 12.4. The number of nitrogens with zero attached hydrogens (tertiary/aromatic N) is 2. The molecule has 0 amide bonds. The lowest BCUT2D eigenvalue weighted by Gasteiger charge is -1.94. The molecule has 0 saturated heterocycles. The molecule has 2 heterocycles. The largest absolute Gasteiger partial charge is 0.337 e. The molecule has 0 saturated carbocycles. The Labute approximate surface area is 146 Å². The zero-order chi connectivity index (χ0) is 16.9. The van der Waals surface area contributed by atoms with Crippen molar-refractivity contribution >= 4 is 35.5 Å². The van der Waals surface area contributed by atoms with Crippen molar-refractivity contribution in [2.75, 3.05) is 0 Å². The predicted octanol–water partition coefficient (Wildman–Crippen LogP) is 5.30. The molecule has 1 N–H and O–H groups in total. The Kier molecular flexibility index (Phi) is 4.21. The van der Waals surface area contributed by atoms with Gasteiger partial charge in [0.2, 0.25) is 0 Å². The standard InChI is InChI=1S/C22H17N3/c1-3-7-17(8-4-1)11-12-19-15-20-22(23-16-19)25-21(24-20)14-13-18-9-5-2-6-10-18/h1-16H,(H,23,24,25)/b12-11+,14-13+. The average Bonchev–Trinajstić information content (AvgIpc) is 3.08. The Bertz CT molecular complexity index is 981. The lowest BCUT2D eigenvalue weighted by molar-refractivity contribution is 1.27. The molecule has 0 spiro atoms. The molecule has 2 aromatic heterocycles. The summed E-state index contributed by atoms with van der Waals surface area (Å²) in [5, 5.41) is 0. The van der Waals surface area contributed by atoms with Gasteiger partial charge in [0.05, 0.1) is 5.52 Å². The fourth-order valence-corrected chi connectivity index (χ4v) is 2.60. The van der Waals surface area contributed by atoms with Gasteiger partial charge in [-0.15, -0.1) is 0 Å². The number of pyridine rings is 1. The number of hydrogen-bond acceptors (Lipinski definition) is 2. The van der Waals surface area contributed by atoms with E-state index in [4.69, 9.17) is 0 Å². The number of nitrogens with one attached hydrogen (secondary N) is 1. The summed E-state index contributed by atoms with van der Waals surface area (Å²) in [6.07, 6.45) is 9.98. The van der Waals surface area contributed by atoms with Crippen molar-refractivity contribution in [2.24, 2.45) is 0 Å². The molecule has 4 rings (SSSR count). The molecular formula is C22H17N3. The molecule has 3 nitrogen and oxygen atoms in total. The highest BCUT2D eigenvalue weighted by molar-refractivity contribution is 5.79. The van der Waals surface area contributed by atoms with E-state index in [1.54, 1.807) is 0 Å². The normalized spacial score (nSPS) is 11.7. The summed E-state index contributed by atoms with van der Waals surface area (Å²) < 4.78 is 0. The van der Waals surface area contributed by atoms with Crippen LogP contribution in [0.25, 0.3) is 35.5 Å². The van der Waals surface area contributed by atoms with E-state index in [9.17, 15) is 0 Å². The van der Waals surface area contributed by atoms with E-state index < -0.39 is 0 Å². The third kappa shape index (κ3) is 3.72. The van der Waals surface area contributed by atoms with Crippen molar-refractivity contribution in [3.8, 4) is 0 Å². The van der Waals surface area contributed by atoms with Gasteiger partial charge in [0, 0.05) is 6.20 Å². The van der Waals surface area contributed by atoms with Gasteiger partial charge in [-0.1, -0.05) is 78.9 Å². The lowest BCUT2D eigenvalue weighted by atomic mass is 10.1. The number of H-pyrrole nitrogens is 1. The lowest BCUT2D eigenvalue weighted by Crippen LogP contribution is -1.79. The highest BCUT2D eigenvalue weighted by Gasteiger charge is 2.02. The van der Waals surface area contributed by atoms with Gasteiger partial charge in [-0.2, -0.15) is 0 Å². The second kappa shape index (κ2) is 6.97. The van der Waals surface area contributed by atoms with Crippen molar-refractivity contribution in [3.63, 3.8) is 0 Å². The first kappa shape index (κ1) is 15.1. The van der Waals surface area contributed by atoms with Gasteiger partial charge in [-0.05, 0) is 28.8 Å². The number of aromatic nitrogens is 3. The summed E-state index contributed by atoms with van der Waals surface area (Å²) in [6, 6.07) is 22.4. The maximum absolute atomic E-state index is 4.51. The maximum atomic E-state index is 4.51. The third-order valence-corrected chi connectivity index (χ3v) is 3.88. The van der Waals surface area contributed by atoms with Crippen LogP contribution in [0.1, 0.15) is 22.5 Å². The van der Waals surface area contributed by atoms with Crippen LogP contribution in [0.4, 0.5) is 0 Å². The third-order valence-electron chi connectivity index (χ3n) is 3.88. The van der Waals surface area contributed by atoms with Crippen LogP contribution in [-0.4, -0.2) is 15.0 Å². The van der Waals surface area contributed by atoms with Gasteiger partial charge < -0.3 is 4.98 Å². The predicted molar refractivity (Wildman–Crippen MR) is 105 cm³/mol. The Morgan fingerprint density at radius 3 is 1.96 bits per heavy atom. The minimum atomic E-state index is 0.726. The van der Waals surface area contributed by atoms with Gasteiger partial charge in [0.1, 0.15) is 5.82 Å². The summed E-state index contributed by atoms with van der Waals surface area (Å²) in [4.78, 5) is 12.3. The summed E-state index contributed by atoms with van der Waals surface area (Å²) >= 11 is 0. The van der Waals surface area contributed by atoms with Gasteiger partial charge >= 0.3 is 0 Å². The van der Waals surface area contributed by atoms with Crippen molar-refractivity contribution in [1.82, 2.24) is 15.0 Å². The first-order valence-corrected chi connectivity index (χ1v) is 8.19. The van der Waals surface area contributed by atoms with E-state index in [2.05, 4.69) is 57.4 Å². The molecule has 0 aliphatic carbocycles. The fourth-order valence-electron chi connectivity index (χ4n) is 2.60. The molecule has 0 aliphatic heterocycles. The van der Waals surface area contributed by atoms with Crippen LogP contribution < -0.4 is 0 Å². The summed E-state index contributed by atoms with van der Waals surface area (Å²) in [5.74, 6) is 0.801. The van der Waals surface area contributed by atoms with E-state index in [1.165, 1.54) is 5.56 Å². The molecule has 0 radical (unpaired) electrons. The van der Waals surface area contributed by atoms with Crippen LogP contribution >= 0.6 is 0 Å². The number of benzene rings is 2. The molecule has 120 valence electrons.